The predicted octanol–water partition coefficient (Wildman–Crippen LogP) is 2.69. The first-order chi connectivity index (χ1) is 7.51. The molecule has 0 spiro atoms. The zero-order valence-electron chi connectivity index (χ0n) is 7.65. The van der Waals surface area contributed by atoms with Gasteiger partial charge in [-0.15, -0.1) is 0 Å². The first-order valence-corrected chi connectivity index (χ1v) is 5.05. The van der Waals surface area contributed by atoms with E-state index in [9.17, 15) is 18.9 Å². The van der Waals surface area contributed by atoms with E-state index >= 15 is 0 Å². The molecule has 0 aliphatic carbocycles. The van der Waals surface area contributed by atoms with Crippen molar-refractivity contribution in [2.75, 3.05) is 0 Å². The quantitative estimate of drug-likeness (QED) is 0.487. The zero-order chi connectivity index (χ0) is 12.3. The summed E-state index contributed by atoms with van der Waals surface area (Å²) in [7, 11) is 0. The minimum atomic E-state index is -2.89. The normalized spacial score (nSPS) is 10.2. The maximum atomic E-state index is 12.6. The lowest BCUT2D eigenvalue weighted by molar-refractivity contribution is -0.389. The highest BCUT2D eigenvalue weighted by Crippen LogP contribution is 2.29. The average Bonchev–Trinajstić information content (AvgIpc) is 2.26. The molecular formula is C8H4BrF2N3O2. The summed E-state index contributed by atoms with van der Waals surface area (Å²) in [6.45, 7) is 0. The summed E-state index contributed by atoms with van der Waals surface area (Å²) >= 11 is 2.90. The number of hydrogen-bond acceptors (Lipinski definition) is 4. The third-order valence-electron chi connectivity index (χ3n) is 1.78. The molecule has 1 heterocycles. The minimum absolute atomic E-state index is 0.0803. The summed E-state index contributed by atoms with van der Waals surface area (Å²) < 4.78 is 25.2. The molecule has 0 atom stereocenters. The summed E-state index contributed by atoms with van der Waals surface area (Å²) in [6, 6.07) is 2.25. The van der Waals surface area contributed by atoms with Gasteiger partial charge in [0.2, 0.25) is 0 Å². The fraction of sp³-hybridized carbons (Fsp3) is 0.250. The second-order valence-electron chi connectivity index (χ2n) is 2.69. The van der Waals surface area contributed by atoms with Crippen LogP contribution in [0.25, 0.3) is 0 Å². The molecule has 1 rings (SSSR count). The summed E-state index contributed by atoms with van der Waals surface area (Å²) in [6.07, 6.45) is -2.89. The van der Waals surface area contributed by atoms with Gasteiger partial charge in [-0.3, -0.25) is 0 Å². The molecule has 1 aromatic rings. The lowest BCUT2D eigenvalue weighted by Crippen LogP contribution is -2.04. The van der Waals surface area contributed by atoms with Gasteiger partial charge in [-0.1, -0.05) is 15.9 Å². The summed E-state index contributed by atoms with van der Waals surface area (Å²) in [5, 5.41) is 19.0. The molecule has 16 heavy (non-hydrogen) atoms. The van der Waals surface area contributed by atoms with Crippen molar-refractivity contribution >= 4 is 21.7 Å². The standard InChI is InChI=1S/C8H4BrF2N3O2/c9-2-5-7(8(10)11)4(3-12)1-6(13-5)14(15)16/h1,8H,2H2. The fourth-order valence-electron chi connectivity index (χ4n) is 1.12. The first kappa shape index (κ1) is 12.4. The number of aromatic nitrogens is 1. The van der Waals surface area contributed by atoms with Gasteiger partial charge in [0.15, 0.2) is 5.69 Å². The Labute approximate surface area is 97.0 Å². The van der Waals surface area contributed by atoms with E-state index in [2.05, 4.69) is 20.9 Å². The van der Waals surface area contributed by atoms with Crippen LogP contribution in [-0.2, 0) is 5.33 Å². The molecule has 0 saturated carbocycles. The van der Waals surface area contributed by atoms with Crippen LogP contribution in [0.3, 0.4) is 0 Å². The minimum Gasteiger partial charge on any atom is -0.358 e. The Kier molecular flexibility index (Phi) is 3.84. The molecule has 0 unspecified atom stereocenters. The topological polar surface area (TPSA) is 79.8 Å². The van der Waals surface area contributed by atoms with Gasteiger partial charge in [-0.2, -0.15) is 5.26 Å². The van der Waals surface area contributed by atoms with E-state index in [0.717, 1.165) is 6.07 Å². The van der Waals surface area contributed by atoms with Crippen LogP contribution in [0, 0.1) is 21.4 Å². The van der Waals surface area contributed by atoms with Crippen LogP contribution in [0.2, 0.25) is 0 Å². The lowest BCUT2D eigenvalue weighted by atomic mass is 10.1. The molecule has 0 N–H and O–H groups in total. The van der Waals surface area contributed by atoms with Crippen LogP contribution in [0.15, 0.2) is 6.07 Å². The van der Waals surface area contributed by atoms with Crippen molar-refractivity contribution in [3.05, 3.63) is 33.0 Å². The van der Waals surface area contributed by atoms with Gasteiger partial charge in [0.25, 0.3) is 6.43 Å². The van der Waals surface area contributed by atoms with E-state index in [0.29, 0.717) is 0 Å². The highest BCUT2D eigenvalue weighted by atomic mass is 79.9. The molecule has 84 valence electrons. The van der Waals surface area contributed by atoms with Crippen molar-refractivity contribution in [3.63, 3.8) is 0 Å². The highest BCUT2D eigenvalue weighted by molar-refractivity contribution is 9.08. The number of nitro groups is 1. The number of nitrogens with zero attached hydrogens (tertiary/aromatic N) is 3. The Morgan fingerprint density at radius 2 is 2.31 bits per heavy atom. The van der Waals surface area contributed by atoms with Gasteiger partial charge in [0.05, 0.1) is 22.5 Å². The number of nitriles is 1. The van der Waals surface area contributed by atoms with Crippen molar-refractivity contribution in [3.8, 4) is 6.07 Å². The Hall–Kier alpha value is -1.62. The second kappa shape index (κ2) is 4.94. The van der Waals surface area contributed by atoms with Crippen molar-refractivity contribution in [1.82, 2.24) is 4.98 Å². The Balaban J connectivity index is 3.51. The molecule has 1 aromatic heterocycles. The van der Waals surface area contributed by atoms with Crippen molar-refractivity contribution in [1.29, 1.82) is 5.26 Å². The molecule has 0 amide bonds. The predicted molar refractivity (Wildman–Crippen MR) is 53.2 cm³/mol. The lowest BCUT2D eigenvalue weighted by Gasteiger charge is -2.04. The highest BCUT2D eigenvalue weighted by Gasteiger charge is 2.25. The number of hydrogen-bond donors (Lipinski definition) is 0. The van der Waals surface area contributed by atoms with Crippen molar-refractivity contribution in [2.45, 2.75) is 11.8 Å². The van der Waals surface area contributed by atoms with Crippen molar-refractivity contribution < 1.29 is 13.7 Å². The fourth-order valence-corrected chi connectivity index (χ4v) is 1.55. The number of alkyl halides is 3. The average molecular weight is 292 g/mol. The molecular weight excluding hydrogens is 288 g/mol. The summed E-state index contributed by atoms with van der Waals surface area (Å²) in [4.78, 5) is 13.1. The molecule has 0 fully saturated rings. The van der Waals surface area contributed by atoms with Crippen LogP contribution < -0.4 is 0 Å². The molecule has 0 aliphatic rings. The van der Waals surface area contributed by atoms with Gasteiger partial charge in [0, 0.05) is 0 Å². The maximum Gasteiger partial charge on any atom is 0.365 e. The Morgan fingerprint density at radius 3 is 2.69 bits per heavy atom. The van der Waals surface area contributed by atoms with Crippen LogP contribution >= 0.6 is 15.9 Å². The molecule has 5 nitrogen and oxygen atoms in total. The summed E-state index contributed by atoms with van der Waals surface area (Å²) in [5.41, 5.74) is -1.18. The van der Waals surface area contributed by atoms with E-state index in [1.54, 1.807) is 0 Å². The van der Waals surface area contributed by atoms with E-state index in [1.165, 1.54) is 6.07 Å². The Morgan fingerprint density at radius 1 is 1.69 bits per heavy atom. The largest absolute Gasteiger partial charge is 0.365 e. The van der Waals surface area contributed by atoms with Crippen LogP contribution in [-0.4, -0.2) is 9.91 Å². The molecule has 0 radical (unpaired) electrons. The van der Waals surface area contributed by atoms with E-state index in [4.69, 9.17) is 5.26 Å². The zero-order valence-corrected chi connectivity index (χ0v) is 9.24. The second-order valence-corrected chi connectivity index (χ2v) is 3.25. The van der Waals surface area contributed by atoms with Crippen LogP contribution in [0.5, 0.6) is 0 Å². The van der Waals surface area contributed by atoms with Gasteiger partial charge >= 0.3 is 5.82 Å². The van der Waals surface area contributed by atoms with E-state index in [1.807, 2.05) is 0 Å². The van der Waals surface area contributed by atoms with E-state index < -0.39 is 28.3 Å². The number of halogens is 3. The van der Waals surface area contributed by atoms with Gasteiger partial charge in [-0.25, -0.2) is 8.78 Å². The number of pyridine rings is 1. The SMILES string of the molecule is N#Cc1cc([N+](=O)[O-])nc(CBr)c1C(F)F. The Bertz CT molecular complexity index is 473. The number of rotatable bonds is 3. The molecule has 0 aliphatic heterocycles. The summed E-state index contributed by atoms with van der Waals surface area (Å²) in [5.74, 6) is -0.615. The van der Waals surface area contributed by atoms with E-state index in [-0.39, 0.29) is 11.0 Å². The van der Waals surface area contributed by atoms with Gasteiger partial charge in [-0.05, 0) is 9.91 Å². The maximum absolute atomic E-state index is 12.6. The van der Waals surface area contributed by atoms with Gasteiger partial charge in [0.1, 0.15) is 6.07 Å². The molecule has 0 bridgehead atoms. The van der Waals surface area contributed by atoms with Gasteiger partial charge < -0.3 is 10.1 Å². The van der Waals surface area contributed by atoms with Crippen molar-refractivity contribution in [2.24, 2.45) is 0 Å². The smallest absolute Gasteiger partial charge is 0.358 e. The molecule has 0 saturated heterocycles. The third kappa shape index (κ3) is 2.30. The molecule has 0 aromatic carbocycles. The first-order valence-electron chi connectivity index (χ1n) is 3.93. The third-order valence-corrected chi connectivity index (χ3v) is 2.31. The monoisotopic (exact) mass is 291 g/mol. The van der Waals surface area contributed by atoms with Crippen LogP contribution in [0.4, 0.5) is 14.6 Å². The molecule has 8 heteroatoms. The van der Waals surface area contributed by atoms with Crippen LogP contribution in [0.1, 0.15) is 23.2 Å².